The van der Waals surface area contributed by atoms with Crippen molar-refractivity contribution in [3.8, 4) is 0 Å². The molecule has 15 heteroatoms. The van der Waals surface area contributed by atoms with Crippen molar-refractivity contribution < 1.29 is 65.9 Å². The van der Waals surface area contributed by atoms with E-state index in [1.165, 1.54) is 0 Å². The van der Waals surface area contributed by atoms with Gasteiger partial charge in [-0.2, -0.15) is 26.3 Å². The Labute approximate surface area is 159 Å². The molecule has 4 aliphatic rings. The van der Waals surface area contributed by atoms with Gasteiger partial charge in [0.2, 0.25) is 0 Å². The molecule has 0 aliphatic heterocycles. The Balaban J connectivity index is 2.71. The summed E-state index contributed by atoms with van der Waals surface area (Å²) in [4.78, 5) is 0. The minimum Gasteiger partial charge on any atom is -0.235 e. The summed E-state index contributed by atoms with van der Waals surface area (Å²) in [5, 5.41) is 0. The quantitative estimate of drug-likeness (QED) is 0.289. The molecule has 2 aromatic rings. The van der Waals surface area contributed by atoms with Crippen LogP contribution >= 0.6 is 0 Å². The van der Waals surface area contributed by atoms with E-state index in [-0.39, 0.29) is 0 Å². The number of halogens is 15. The first kappa shape index (κ1) is 23.1. The van der Waals surface area contributed by atoms with Crippen molar-refractivity contribution in [3.63, 3.8) is 0 Å². The lowest BCUT2D eigenvalue weighted by Crippen LogP contribution is -2.41. The zero-order chi connectivity index (χ0) is 24.0. The first-order valence-electron chi connectivity index (χ1n) is 7.44. The molecule has 2 aromatic carbocycles. The molecule has 0 aromatic heterocycles. The first-order valence-corrected chi connectivity index (χ1v) is 7.44. The van der Waals surface area contributed by atoms with E-state index < -0.39 is 92.7 Å². The van der Waals surface area contributed by atoms with Crippen LogP contribution in [0.25, 0.3) is 0 Å². The lowest BCUT2D eigenvalue weighted by atomic mass is 9.87. The molecule has 0 N–H and O–H groups in total. The van der Waals surface area contributed by atoms with Crippen molar-refractivity contribution >= 4 is 0 Å². The summed E-state index contributed by atoms with van der Waals surface area (Å²) in [5.74, 6) is -47.5. The van der Waals surface area contributed by atoms with E-state index in [1.807, 2.05) is 0 Å². The maximum atomic E-state index is 14.2. The molecule has 170 valence electrons. The van der Waals surface area contributed by atoms with E-state index in [0.717, 1.165) is 0 Å². The summed E-state index contributed by atoms with van der Waals surface area (Å²) in [5.41, 5.74) is -13.7. The van der Waals surface area contributed by atoms with E-state index >= 15 is 0 Å². The third-order valence-electron chi connectivity index (χ3n) is 4.49. The van der Waals surface area contributed by atoms with Crippen LogP contribution in [-0.4, -0.2) is 0 Å². The van der Waals surface area contributed by atoms with Gasteiger partial charge in [-0.15, -0.1) is 0 Å². The molecule has 31 heavy (non-hydrogen) atoms. The van der Waals surface area contributed by atoms with E-state index in [1.54, 1.807) is 0 Å². The van der Waals surface area contributed by atoms with Crippen molar-refractivity contribution in [1.82, 2.24) is 0 Å². The fourth-order valence-corrected chi connectivity index (χ4v) is 2.97. The zero-order valence-electron chi connectivity index (χ0n) is 13.7. The van der Waals surface area contributed by atoms with Crippen LogP contribution in [0.2, 0.25) is 0 Å². The van der Waals surface area contributed by atoms with Gasteiger partial charge in [-0.05, 0) is 0 Å². The Kier molecular flexibility index (Phi) is 4.80. The zero-order valence-corrected chi connectivity index (χ0v) is 13.7. The SMILES string of the molecule is Fc1c(F)c2c(F)c(F)c1C(F)C(F)(F)c1c(F)c(F)c(c(F)c1F)C(F)(F)C2(F)F. The molecular formula is C16HF15. The minimum absolute atomic E-state index is 3.09. The largest absolute Gasteiger partial charge is 0.345 e. The second-order valence-corrected chi connectivity index (χ2v) is 6.18. The number of hydrogen-bond acceptors (Lipinski definition) is 0. The van der Waals surface area contributed by atoms with Crippen molar-refractivity contribution in [2.75, 3.05) is 0 Å². The molecule has 0 fully saturated rings. The lowest BCUT2D eigenvalue weighted by Gasteiger charge is -2.31. The number of benzene rings is 2. The molecular weight excluding hydrogens is 477 g/mol. The number of rotatable bonds is 0. The van der Waals surface area contributed by atoms with Gasteiger partial charge in [0.15, 0.2) is 52.7 Å². The van der Waals surface area contributed by atoms with Crippen LogP contribution in [0.15, 0.2) is 0 Å². The fourth-order valence-electron chi connectivity index (χ4n) is 2.97. The fraction of sp³-hybridized carbons (Fsp3) is 0.250. The second-order valence-electron chi connectivity index (χ2n) is 6.18. The molecule has 1 unspecified atom stereocenters. The first-order chi connectivity index (χ1) is 13.9. The molecule has 0 amide bonds. The van der Waals surface area contributed by atoms with E-state index in [2.05, 4.69) is 0 Å². The van der Waals surface area contributed by atoms with Crippen LogP contribution in [0.4, 0.5) is 65.9 Å². The van der Waals surface area contributed by atoms with Crippen LogP contribution in [0.3, 0.4) is 0 Å². The molecule has 0 saturated heterocycles. The highest BCUT2D eigenvalue weighted by Crippen LogP contribution is 2.56. The Morgan fingerprint density at radius 1 is 0.419 bits per heavy atom. The maximum Gasteiger partial charge on any atom is 0.345 e. The highest BCUT2D eigenvalue weighted by Gasteiger charge is 2.66. The van der Waals surface area contributed by atoms with E-state index in [0.29, 0.717) is 0 Å². The van der Waals surface area contributed by atoms with E-state index in [4.69, 9.17) is 0 Å². The van der Waals surface area contributed by atoms with Crippen molar-refractivity contribution in [2.45, 2.75) is 23.9 Å². The van der Waals surface area contributed by atoms with Crippen LogP contribution < -0.4 is 0 Å². The molecule has 1 atom stereocenters. The molecule has 4 aliphatic carbocycles. The lowest BCUT2D eigenvalue weighted by molar-refractivity contribution is -0.230. The van der Waals surface area contributed by atoms with Gasteiger partial charge in [-0.1, -0.05) is 0 Å². The van der Waals surface area contributed by atoms with Gasteiger partial charge in [0, 0.05) is 0 Å². The average molecular weight is 478 g/mol. The summed E-state index contributed by atoms with van der Waals surface area (Å²) in [6, 6.07) is 0. The Hall–Kier alpha value is -2.61. The monoisotopic (exact) mass is 478 g/mol. The number of alkyl halides is 7. The maximum absolute atomic E-state index is 14.2. The van der Waals surface area contributed by atoms with Crippen molar-refractivity contribution in [3.05, 3.63) is 68.8 Å². The molecule has 0 nitrogen and oxygen atoms in total. The van der Waals surface area contributed by atoms with Gasteiger partial charge in [0.25, 0.3) is 0 Å². The molecule has 0 saturated carbocycles. The highest BCUT2D eigenvalue weighted by atomic mass is 19.3. The molecule has 4 bridgehead atoms. The van der Waals surface area contributed by atoms with Crippen LogP contribution in [0.5, 0.6) is 0 Å². The molecule has 0 spiro atoms. The van der Waals surface area contributed by atoms with Gasteiger partial charge in [-0.25, -0.2) is 39.5 Å². The van der Waals surface area contributed by atoms with Crippen LogP contribution in [-0.2, 0) is 17.8 Å². The predicted octanol–water partition coefficient (Wildman–Crippen LogP) is 6.80. The third kappa shape index (κ3) is 2.60. The van der Waals surface area contributed by atoms with Gasteiger partial charge in [-0.3, -0.25) is 0 Å². The van der Waals surface area contributed by atoms with Gasteiger partial charge in [0.1, 0.15) is 16.7 Å². The molecule has 0 radical (unpaired) electrons. The van der Waals surface area contributed by atoms with Crippen LogP contribution in [0, 0.1) is 46.5 Å². The summed E-state index contributed by atoms with van der Waals surface area (Å²) < 4.78 is 211. The Bertz CT molecular complexity index is 1060. The van der Waals surface area contributed by atoms with Crippen molar-refractivity contribution in [1.29, 1.82) is 0 Å². The standard InChI is InChI=1S/C16HF15/c17-5-1-6(18)10(22)3(9(5)21)15(28,29)16(30,31)4-11(23)7(19)2(8(20)12(4)24)14(26,27)13(1)25/h13H. The average Bonchev–Trinajstić information content (AvgIpc) is 2.64. The number of hydrogen-bond donors (Lipinski definition) is 0. The summed E-state index contributed by atoms with van der Waals surface area (Å²) in [6.45, 7) is 0. The molecule has 0 heterocycles. The topological polar surface area (TPSA) is 0 Å². The molecule has 6 rings (SSSR count). The van der Waals surface area contributed by atoms with Crippen LogP contribution in [0.1, 0.15) is 28.4 Å². The third-order valence-corrected chi connectivity index (χ3v) is 4.49. The predicted molar refractivity (Wildman–Crippen MR) is 68.1 cm³/mol. The van der Waals surface area contributed by atoms with Gasteiger partial charge < -0.3 is 0 Å². The van der Waals surface area contributed by atoms with Gasteiger partial charge >= 0.3 is 17.8 Å². The smallest absolute Gasteiger partial charge is 0.235 e. The Morgan fingerprint density at radius 3 is 1.00 bits per heavy atom. The van der Waals surface area contributed by atoms with Gasteiger partial charge in [0.05, 0.1) is 5.56 Å². The summed E-state index contributed by atoms with van der Waals surface area (Å²) in [7, 11) is 0. The van der Waals surface area contributed by atoms with Crippen molar-refractivity contribution in [2.24, 2.45) is 0 Å². The normalized spacial score (nSPS) is 21.2. The second kappa shape index (κ2) is 6.45. The summed E-state index contributed by atoms with van der Waals surface area (Å²) in [6.07, 6.45) is -4.87. The van der Waals surface area contributed by atoms with E-state index in [9.17, 15) is 65.9 Å². The summed E-state index contributed by atoms with van der Waals surface area (Å²) >= 11 is 0. The Morgan fingerprint density at radius 2 is 0.677 bits per heavy atom. The minimum atomic E-state index is -6.72. The highest BCUT2D eigenvalue weighted by molar-refractivity contribution is 5.43.